The molecular formula is C11H15NO2. The molecule has 1 heterocycles. The van der Waals surface area contributed by atoms with E-state index in [1.54, 1.807) is 12.3 Å². The predicted molar refractivity (Wildman–Crippen MR) is 54.6 cm³/mol. The van der Waals surface area contributed by atoms with Crippen LogP contribution in [0.1, 0.15) is 30.6 Å². The molecule has 0 spiro atoms. The van der Waals surface area contributed by atoms with Gasteiger partial charge in [0, 0.05) is 11.8 Å². The summed E-state index contributed by atoms with van der Waals surface area (Å²) in [6.07, 6.45) is 4.91. The van der Waals surface area contributed by atoms with Gasteiger partial charge in [-0.2, -0.15) is 0 Å². The second-order valence-electron chi connectivity index (χ2n) is 3.60. The summed E-state index contributed by atoms with van der Waals surface area (Å²) in [4.78, 5) is 14.3. The third-order valence-electron chi connectivity index (χ3n) is 1.83. The molecule has 0 N–H and O–H groups in total. The number of hydrogen-bond donors (Lipinski definition) is 0. The molecule has 3 heteroatoms. The van der Waals surface area contributed by atoms with Gasteiger partial charge in [0.25, 0.3) is 0 Å². The minimum absolute atomic E-state index is 0.548. The first kappa shape index (κ1) is 10.7. The number of aldehydes is 1. The molecule has 1 rings (SSSR count). The molecule has 76 valence electrons. The van der Waals surface area contributed by atoms with Crippen molar-refractivity contribution >= 4 is 6.29 Å². The van der Waals surface area contributed by atoms with Crippen molar-refractivity contribution in [2.45, 2.75) is 20.3 Å². The van der Waals surface area contributed by atoms with Gasteiger partial charge in [-0.05, 0) is 18.4 Å². The Bertz CT molecular complexity index is 297. The lowest BCUT2D eigenvalue weighted by Gasteiger charge is -2.07. The minimum Gasteiger partial charge on any atom is -0.492 e. The largest absolute Gasteiger partial charge is 0.492 e. The van der Waals surface area contributed by atoms with E-state index in [-0.39, 0.29) is 0 Å². The highest BCUT2D eigenvalue weighted by Gasteiger charge is 1.98. The van der Waals surface area contributed by atoms with Crippen molar-refractivity contribution < 1.29 is 9.53 Å². The van der Waals surface area contributed by atoms with Crippen molar-refractivity contribution in [3.63, 3.8) is 0 Å². The first-order valence-corrected chi connectivity index (χ1v) is 4.75. The van der Waals surface area contributed by atoms with Crippen molar-refractivity contribution in [3.05, 3.63) is 24.0 Å². The van der Waals surface area contributed by atoms with E-state index in [9.17, 15) is 4.79 Å². The Morgan fingerprint density at radius 1 is 1.50 bits per heavy atom. The van der Waals surface area contributed by atoms with Crippen LogP contribution < -0.4 is 4.74 Å². The molecule has 0 atom stereocenters. The first-order valence-electron chi connectivity index (χ1n) is 4.75. The Morgan fingerprint density at radius 2 is 2.29 bits per heavy atom. The van der Waals surface area contributed by atoms with Crippen molar-refractivity contribution in [1.82, 2.24) is 4.98 Å². The second-order valence-corrected chi connectivity index (χ2v) is 3.60. The fourth-order valence-electron chi connectivity index (χ4n) is 0.991. The summed E-state index contributed by atoms with van der Waals surface area (Å²) >= 11 is 0. The maximum absolute atomic E-state index is 10.4. The Kier molecular flexibility index (Phi) is 4.11. The molecule has 0 amide bonds. The van der Waals surface area contributed by atoms with Gasteiger partial charge in [-0.1, -0.05) is 13.8 Å². The fraction of sp³-hybridized carbons (Fsp3) is 0.455. The van der Waals surface area contributed by atoms with Crippen LogP contribution in [0.25, 0.3) is 0 Å². The van der Waals surface area contributed by atoms with Crippen molar-refractivity contribution in [1.29, 1.82) is 0 Å². The number of hydrogen-bond acceptors (Lipinski definition) is 3. The zero-order valence-electron chi connectivity index (χ0n) is 8.56. The molecule has 0 aliphatic carbocycles. The lowest BCUT2D eigenvalue weighted by molar-refractivity contribution is 0.112. The second kappa shape index (κ2) is 5.37. The van der Waals surface area contributed by atoms with E-state index in [0.29, 0.717) is 23.8 Å². The highest BCUT2D eigenvalue weighted by Crippen LogP contribution is 2.11. The molecule has 0 aliphatic rings. The number of carbonyl (C=O) groups is 1. The SMILES string of the molecule is CC(C)CCOc1cncc(C=O)c1. The molecule has 14 heavy (non-hydrogen) atoms. The zero-order chi connectivity index (χ0) is 10.4. The number of nitrogens with zero attached hydrogens (tertiary/aromatic N) is 1. The first-order chi connectivity index (χ1) is 6.72. The standard InChI is InChI=1S/C11H15NO2/c1-9(2)3-4-14-11-5-10(8-13)6-12-7-11/h5-9H,3-4H2,1-2H3. The Hall–Kier alpha value is -1.38. The number of rotatable bonds is 5. The summed E-state index contributed by atoms with van der Waals surface area (Å²) in [5.74, 6) is 1.28. The van der Waals surface area contributed by atoms with Crippen LogP contribution in [0.4, 0.5) is 0 Å². The van der Waals surface area contributed by atoms with Gasteiger partial charge in [-0.3, -0.25) is 9.78 Å². The van der Waals surface area contributed by atoms with E-state index < -0.39 is 0 Å². The smallest absolute Gasteiger partial charge is 0.151 e. The maximum Gasteiger partial charge on any atom is 0.151 e. The van der Waals surface area contributed by atoms with Crippen LogP contribution in [0.15, 0.2) is 18.5 Å². The average Bonchev–Trinajstić information content (AvgIpc) is 2.18. The number of pyridine rings is 1. The molecule has 0 aromatic carbocycles. The quantitative estimate of drug-likeness (QED) is 0.674. The van der Waals surface area contributed by atoms with Crippen molar-refractivity contribution in [2.24, 2.45) is 5.92 Å². The van der Waals surface area contributed by atoms with Gasteiger partial charge in [0.05, 0.1) is 12.8 Å². The van der Waals surface area contributed by atoms with Gasteiger partial charge in [0.1, 0.15) is 5.75 Å². The summed E-state index contributed by atoms with van der Waals surface area (Å²) in [5, 5.41) is 0. The number of aromatic nitrogens is 1. The molecule has 3 nitrogen and oxygen atoms in total. The highest BCUT2D eigenvalue weighted by atomic mass is 16.5. The van der Waals surface area contributed by atoms with Gasteiger partial charge in [0.15, 0.2) is 6.29 Å². The summed E-state index contributed by atoms with van der Waals surface area (Å²) in [6.45, 7) is 4.95. The van der Waals surface area contributed by atoms with E-state index in [4.69, 9.17) is 4.74 Å². The summed E-state index contributed by atoms with van der Waals surface area (Å²) in [6, 6.07) is 1.69. The van der Waals surface area contributed by atoms with Gasteiger partial charge in [-0.25, -0.2) is 0 Å². The monoisotopic (exact) mass is 193 g/mol. The van der Waals surface area contributed by atoms with Crippen LogP contribution >= 0.6 is 0 Å². The number of ether oxygens (including phenoxy) is 1. The maximum atomic E-state index is 10.4. The number of carbonyl (C=O) groups excluding carboxylic acids is 1. The van der Waals surface area contributed by atoms with Gasteiger partial charge in [0.2, 0.25) is 0 Å². The van der Waals surface area contributed by atoms with Gasteiger partial charge >= 0.3 is 0 Å². The average molecular weight is 193 g/mol. The van der Waals surface area contributed by atoms with E-state index in [1.807, 2.05) is 0 Å². The van der Waals surface area contributed by atoms with Crippen LogP contribution in [0.2, 0.25) is 0 Å². The lowest BCUT2D eigenvalue weighted by atomic mass is 10.1. The fourth-order valence-corrected chi connectivity index (χ4v) is 0.991. The molecule has 1 aromatic heterocycles. The molecule has 0 bridgehead atoms. The summed E-state index contributed by atoms with van der Waals surface area (Å²) < 4.78 is 5.44. The molecule has 0 fully saturated rings. The zero-order valence-corrected chi connectivity index (χ0v) is 8.56. The molecular weight excluding hydrogens is 178 g/mol. The molecule has 0 unspecified atom stereocenters. The Labute approximate surface area is 84.1 Å². The third kappa shape index (κ3) is 3.56. The van der Waals surface area contributed by atoms with E-state index in [1.165, 1.54) is 6.20 Å². The van der Waals surface area contributed by atoms with E-state index in [2.05, 4.69) is 18.8 Å². The van der Waals surface area contributed by atoms with Crippen LogP contribution in [-0.2, 0) is 0 Å². The summed E-state index contributed by atoms with van der Waals surface area (Å²) in [5.41, 5.74) is 0.548. The van der Waals surface area contributed by atoms with Crippen LogP contribution in [0.3, 0.4) is 0 Å². The van der Waals surface area contributed by atoms with Crippen LogP contribution in [0, 0.1) is 5.92 Å². The minimum atomic E-state index is 0.548. The van der Waals surface area contributed by atoms with Gasteiger partial charge < -0.3 is 4.74 Å². The predicted octanol–water partition coefficient (Wildman–Crippen LogP) is 2.32. The Balaban J connectivity index is 2.46. The highest BCUT2D eigenvalue weighted by molar-refractivity contribution is 5.74. The summed E-state index contributed by atoms with van der Waals surface area (Å²) in [7, 11) is 0. The van der Waals surface area contributed by atoms with Crippen LogP contribution in [-0.4, -0.2) is 17.9 Å². The molecule has 0 saturated heterocycles. The molecule has 0 aliphatic heterocycles. The Morgan fingerprint density at radius 3 is 2.93 bits per heavy atom. The van der Waals surface area contributed by atoms with E-state index in [0.717, 1.165) is 12.7 Å². The topological polar surface area (TPSA) is 39.2 Å². The molecule has 0 radical (unpaired) electrons. The molecule has 1 aromatic rings. The van der Waals surface area contributed by atoms with Crippen LogP contribution in [0.5, 0.6) is 5.75 Å². The molecule has 0 saturated carbocycles. The van der Waals surface area contributed by atoms with Crippen molar-refractivity contribution in [3.8, 4) is 5.75 Å². The van der Waals surface area contributed by atoms with Crippen molar-refractivity contribution in [2.75, 3.05) is 6.61 Å². The lowest BCUT2D eigenvalue weighted by Crippen LogP contribution is -2.01. The third-order valence-corrected chi connectivity index (χ3v) is 1.83. The van der Waals surface area contributed by atoms with Gasteiger partial charge in [-0.15, -0.1) is 0 Å². The van der Waals surface area contributed by atoms with E-state index >= 15 is 0 Å². The normalized spacial score (nSPS) is 10.2.